The molecule has 104 valence electrons. The number of pyridine rings is 1. The molecule has 3 rings (SSSR count). The Bertz CT molecular complexity index is 553. The van der Waals surface area contributed by atoms with Gasteiger partial charge in [-0.3, -0.25) is 9.88 Å². The van der Waals surface area contributed by atoms with Crippen LogP contribution in [0.15, 0.2) is 48.7 Å². The van der Waals surface area contributed by atoms with Crippen molar-refractivity contribution in [3.05, 3.63) is 65.5 Å². The van der Waals surface area contributed by atoms with Gasteiger partial charge in [-0.1, -0.05) is 30.3 Å². The van der Waals surface area contributed by atoms with E-state index in [-0.39, 0.29) is 0 Å². The van der Waals surface area contributed by atoms with Gasteiger partial charge in [0, 0.05) is 25.3 Å². The molecule has 1 atom stereocenters. The highest BCUT2D eigenvalue weighted by Gasteiger charge is 2.20. The number of nitrogens with zero attached hydrogens (tertiary/aromatic N) is 2. The molecule has 1 aromatic carbocycles. The molecular formula is C17H21N3. The number of benzene rings is 1. The highest BCUT2D eigenvalue weighted by molar-refractivity contribution is 5.32. The lowest BCUT2D eigenvalue weighted by atomic mass is 9.94. The SMILES string of the molecule is CN(Cc1ccccn1)CC1NCCc2ccccc21. The van der Waals surface area contributed by atoms with Crippen molar-refractivity contribution >= 4 is 0 Å². The molecule has 0 fully saturated rings. The van der Waals surface area contributed by atoms with Crippen molar-refractivity contribution in [1.29, 1.82) is 0 Å². The maximum absolute atomic E-state index is 4.39. The van der Waals surface area contributed by atoms with Crippen LogP contribution in [-0.4, -0.2) is 30.0 Å². The molecule has 3 nitrogen and oxygen atoms in total. The van der Waals surface area contributed by atoms with Gasteiger partial charge in [0.2, 0.25) is 0 Å². The first-order chi connectivity index (χ1) is 9.83. The summed E-state index contributed by atoms with van der Waals surface area (Å²) < 4.78 is 0. The number of nitrogens with one attached hydrogen (secondary N) is 1. The quantitative estimate of drug-likeness (QED) is 0.922. The van der Waals surface area contributed by atoms with Crippen LogP contribution in [0, 0.1) is 0 Å². The maximum Gasteiger partial charge on any atom is 0.0543 e. The normalized spacial score (nSPS) is 18.0. The molecule has 20 heavy (non-hydrogen) atoms. The summed E-state index contributed by atoms with van der Waals surface area (Å²) in [4.78, 5) is 6.73. The molecule has 2 heterocycles. The molecule has 0 saturated heterocycles. The molecule has 0 bridgehead atoms. The van der Waals surface area contributed by atoms with Crippen LogP contribution in [0.5, 0.6) is 0 Å². The summed E-state index contributed by atoms with van der Waals surface area (Å²) >= 11 is 0. The Labute approximate surface area is 120 Å². The largest absolute Gasteiger partial charge is 0.309 e. The topological polar surface area (TPSA) is 28.2 Å². The number of aromatic nitrogens is 1. The predicted molar refractivity (Wildman–Crippen MR) is 81.5 cm³/mol. The zero-order valence-corrected chi connectivity index (χ0v) is 11.9. The second-order valence-corrected chi connectivity index (χ2v) is 5.47. The summed E-state index contributed by atoms with van der Waals surface area (Å²) in [5.41, 5.74) is 4.06. The lowest BCUT2D eigenvalue weighted by Gasteiger charge is -2.30. The molecule has 1 N–H and O–H groups in total. The molecular weight excluding hydrogens is 246 g/mol. The van der Waals surface area contributed by atoms with E-state index in [1.807, 2.05) is 18.3 Å². The third-order valence-corrected chi connectivity index (χ3v) is 3.87. The van der Waals surface area contributed by atoms with Gasteiger partial charge in [0.25, 0.3) is 0 Å². The first-order valence-corrected chi connectivity index (χ1v) is 7.22. The van der Waals surface area contributed by atoms with Crippen molar-refractivity contribution in [2.75, 3.05) is 20.1 Å². The van der Waals surface area contributed by atoms with Crippen LogP contribution in [0.3, 0.4) is 0 Å². The van der Waals surface area contributed by atoms with E-state index in [2.05, 4.69) is 52.6 Å². The van der Waals surface area contributed by atoms with Crippen LogP contribution < -0.4 is 5.32 Å². The predicted octanol–water partition coefficient (Wildman–Crippen LogP) is 2.40. The summed E-state index contributed by atoms with van der Waals surface area (Å²) in [6.07, 6.45) is 2.99. The first kappa shape index (κ1) is 13.3. The van der Waals surface area contributed by atoms with E-state index in [9.17, 15) is 0 Å². The van der Waals surface area contributed by atoms with Crippen molar-refractivity contribution in [2.45, 2.75) is 19.0 Å². The van der Waals surface area contributed by atoms with E-state index in [4.69, 9.17) is 0 Å². The highest BCUT2D eigenvalue weighted by atomic mass is 15.1. The number of hydrogen-bond acceptors (Lipinski definition) is 3. The maximum atomic E-state index is 4.39. The van der Waals surface area contributed by atoms with Crippen molar-refractivity contribution in [3.8, 4) is 0 Å². The molecule has 0 radical (unpaired) electrons. The van der Waals surface area contributed by atoms with Crippen LogP contribution in [0.4, 0.5) is 0 Å². The second-order valence-electron chi connectivity index (χ2n) is 5.47. The van der Waals surface area contributed by atoms with Crippen molar-refractivity contribution in [1.82, 2.24) is 15.2 Å². The van der Waals surface area contributed by atoms with Gasteiger partial charge in [-0.15, -0.1) is 0 Å². The van der Waals surface area contributed by atoms with E-state index in [0.717, 1.165) is 31.7 Å². The van der Waals surface area contributed by atoms with Crippen LogP contribution in [-0.2, 0) is 13.0 Å². The Morgan fingerprint density at radius 3 is 2.90 bits per heavy atom. The first-order valence-electron chi connectivity index (χ1n) is 7.22. The summed E-state index contributed by atoms with van der Waals surface area (Å²) in [5, 5.41) is 3.63. The van der Waals surface area contributed by atoms with Crippen LogP contribution in [0.2, 0.25) is 0 Å². The Morgan fingerprint density at radius 1 is 1.20 bits per heavy atom. The van der Waals surface area contributed by atoms with E-state index in [0.29, 0.717) is 6.04 Å². The highest BCUT2D eigenvalue weighted by Crippen LogP contribution is 2.23. The Morgan fingerprint density at radius 2 is 2.05 bits per heavy atom. The Balaban J connectivity index is 1.66. The minimum atomic E-state index is 0.425. The van der Waals surface area contributed by atoms with E-state index in [1.165, 1.54) is 11.1 Å². The number of rotatable bonds is 4. The van der Waals surface area contributed by atoms with Gasteiger partial charge in [0.15, 0.2) is 0 Å². The van der Waals surface area contributed by atoms with Gasteiger partial charge in [-0.05, 0) is 43.3 Å². The zero-order chi connectivity index (χ0) is 13.8. The molecule has 0 amide bonds. The summed E-state index contributed by atoms with van der Waals surface area (Å²) in [6, 6.07) is 15.3. The van der Waals surface area contributed by atoms with Crippen LogP contribution in [0.1, 0.15) is 22.9 Å². The van der Waals surface area contributed by atoms with Crippen molar-refractivity contribution in [3.63, 3.8) is 0 Å². The summed E-state index contributed by atoms with van der Waals surface area (Å²) in [5.74, 6) is 0. The lowest BCUT2D eigenvalue weighted by Crippen LogP contribution is -2.37. The molecule has 2 aromatic rings. The molecule has 1 unspecified atom stereocenters. The molecule has 0 spiro atoms. The van der Waals surface area contributed by atoms with E-state index < -0.39 is 0 Å². The van der Waals surface area contributed by atoms with Crippen molar-refractivity contribution in [2.24, 2.45) is 0 Å². The Hall–Kier alpha value is -1.71. The minimum absolute atomic E-state index is 0.425. The second kappa shape index (κ2) is 6.16. The monoisotopic (exact) mass is 267 g/mol. The van der Waals surface area contributed by atoms with Crippen molar-refractivity contribution < 1.29 is 0 Å². The molecule has 1 aromatic heterocycles. The fourth-order valence-electron chi connectivity index (χ4n) is 2.90. The fourth-order valence-corrected chi connectivity index (χ4v) is 2.90. The lowest BCUT2D eigenvalue weighted by molar-refractivity contribution is 0.276. The number of likely N-dealkylation sites (N-methyl/N-ethyl adjacent to an activating group) is 1. The standard InChI is InChI=1S/C17H21N3/c1-20(12-15-7-4-5-10-18-15)13-17-16-8-3-2-6-14(16)9-11-19-17/h2-8,10,17,19H,9,11-13H2,1H3. The summed E-state index contributed by atoms with van der Waals surface area (Å²) in [6.45, 7) is 2.97. The van der Waals surface area contributed by atoms with Crippen LogP contribution in [0.25, 0.3) is 0 Å². The average Bonchev–Trinajstić information content (AvgIpc) is 2.48. The van der Waals surface area contributed by atoms with Gasteiger partial charge < -0.3 is 5.32 Å². The van der Waals surface area contributed by atoms with Gasteiger partial charge in [0.05, 0.1) is 5.69 Å². The number of fused-ring (bicyclic) bond motifs is 1. The smallest absolute Gasteiger partial charge is 0.0543 e. The van der Waals surface area contributed by atoms with Gasteiger partial charge in [0.1, 0.15) is 0 Å². The molecule has 3 heteroatoms. The fraction of sp³-hybridized carbons (Fsp3) is 0.353. The molecule has 1 aliphatic heterocycles. The van der Waals surface area contributed by atoms with Gasteiger partial charge in [-0.25, -0.2) is 0 Å². The van der Waals surface area contributed by atoms with Gasteiger partial charge in [-0.2, -0.15) is 0 Å². The van der Waals surface area contributed by atoms with E-state index >= 15 is 0 Å². The molecule has 0 aliphatic carbocycles. The minimum Gasteiger partial charge on any atom is -0.309 e. The molecule has 0 saturated carbocycles. The Kier molecular flexibility index (Phi) is 4.09. The van der Waals surface area contributed by atoms with Crippen LogP contribution >= 0.6 is 0 Å². The molecule has 1 aliphatic rings. The third-order valence-electron chi connectivity index (χ3n) is 3.87. The number of hydrogen-bond donors (Lipinski definition) is 1. The average molecular weight is 267 g/mol. The van der Waals surface area contributed by atoms with Gasteiger partial charge >= 0.3 is 0 Å². The third kappa shape index (κ3) is 3.06. The van der Waals surface area contributed by atoms with E-state index in [1.54, 1.807) is 0 Å². The summed E-state index contributed by atoms with van der Waals surface area (Å²) in [7, 11) is 2.16. The zero-order valence-electron chi connectivity index (χ0n) is 11.9.